The zero-order chi connectivity index (χ0) is 21.7. The molecule has 31 heavy (non-hydrogen) atoms. The fraction of sp³-hybridized carbons (Fsp3) is 0.435. The Labute approximate surface area is 180 Å². The molecule has 8 heteroatoms. The Balaban J connectivity index is 1.37. The van der Waals surface area contributed by atoms with Gasteiger partial charge in [0.05, 0.1) is 23.7 Å². The average Bonchev–Trinajstić information content (AvgIpc) is 3.33. The third kappa shape index (κ3) is 3.77. The number of carbonyl (C=O) groups excluding carboxylic acids is 1. The molecule has 2 fully saturated rings. The lowest BCUT2D eigenvalue weighted by molar-refractivity contribution is 0.0785. The zero-order valence-corrected chi connectivity index (χ0v) is 17.7. The lowest BCUT2D eigenvalue weighted by Gasteiger charge is -2.40. The summed E-state index contributed by atoms with van der Waals surface area (Å²) in [6.45, 7) is 5.31. The molecule has 5 atom stereocenters. The van der Waals surface area contributed by atoms with Crippen LogP contribution >= 0.6 is 0 Å². The summed E-state index contributed by atoms with van der Waals surface area (Å²) in [4.78, 5) is 23.6. The third-order valence-electron chi connectivity index (χ3n) is 6.46. The molecule has 5 rings (SSSR count). The second-order valence-corrected chi connectivity index (χ2v) is 8.94. The van der Waals surface area contributed by atoms with Crippen molar-refractivity contribution in [2.75, 3.05) is 23.3 Å². The van der Waals surface area contributed by atoms with Crippen LogP contribution in [0.2, 0.25) is 0 Å². The lowest BCUT2D eigenvalue weighted by atomic mass is 9.92. The Bertz CT molecular complexity index is 1120. The number of nitrogens with one attached hydrogen (secondary N) is 1. The first kappa shape index (κ1) is 20.0. The van der Waals surface area contributed by atoms with Gasteiger partial charge in [0.1, 0.15) is 11.5 Å². The molecule has 0 spiro atoms. The van der Waals surface area contributed by atoms with Crippen LogP contribution in [0, 0.1) is 11.8 Å². The largest absolute Gasteiger partial charge is 0.442 e. The quantitative estimate of drug-likeness (QED) is 0.593. The number of hydrogen-bond acceptors (Lipinski definition) is 7. The molecule has 2 aliphatic rings. The van der Waals surface area contributed by atoms with Gasteiger partial charge in [-0.1, -0.05) is 13.8 Å². The summed E-state index contributed by atoms with van der Waals surface area (Å²) >= 11 is 0. The molecule has 0 radical (unpaired) electrons. The van der Waals surface area contributed by atoms with Gasteiger partial charge in [-0.2, -0.15) is 0 Å². The molecule has 1 saturated heterocycles. The van der Waals surface area contributed by atoms with Crippen LogP contribution in [0.25, 0.3) is 11.1 Å². The van der Waals surface area contributed by atoms with Crippen molar-refractivity contribution in [3.8, 4) is 0 Å². The van der Waals surface area contributed by atoms with E-state index in [0.29, 0.717) is 36.3 Å². The maximum absolute atomic E-state index is 13.0. The van der Waals surface area contributed by atoms with Crippen molar-refractivity contribution in [1.29, 1.82) is 0 Å². The van der Waals surface area contributed by atoms with Gasteiger partial charge in [-0.25, -0.2) is 4.98 Å². The number of furan rings is 1. The number of nitrogens with two attached hydrogens (primary N) is 1. The Morgan fingerprint density at radius 3 is 2.81 bits per heavy atom. The predicted molar refractivity (Wildman–Crippen MR) is 118 cm³/mol. The van der Waals surface area contributed by atoms with Crippen LogP contribution in [0.5, 0.6) is 0 Å². The number of pyridine rings is 2. The van der Waals surface area contributed by atoms with E-state index in [1.54, 1.807) is 18.5 Å². The van der Waals surface area contributed by atoms with Gasteiger partial charge < -0.3 is 25.5 Å². The van der Waals surface area contributed by atoms with E-state index in [-0.39, 0.29) is 23.6 Å². The van der Waals surface area contributed by atoms with Crippen LogP contribution in [0.1, 0.15) is 42.4 Å². The zero-order valence-electron chi connectivity index (χ0n) is 17.7. The van der Waals surface area contributed by atoms with Gasteiger partial charge in [0.25, 0.3) is 5.91 Å². The first-order chi connectivity index (χ1) is 14.9. The molecule has 8 nitrogen and oxygen atoms in total. The molecule has 5 unspecified atom stereocenters. The average molecular weight is 422 g/mol. The molecule has 4 heterocycles. The number of aliphatic hydroxyl groups excluding tert-OH is 1. The number of amides is 1. The fourth-order valence-electron chi connectivity index (χ4n) is 4.42. The van der Waals surface area contributed by atoms with Gasteiger partial charge in [0, 0.05) is 42.6 Å². The smallest absolute Gasteiger partial charge is 0.274 e. The Morgan fingerprint density at radius 2 is 2.06 bits per heavy atom. The summed E-state index contributed by atoms with van der Waals surface area (Å²) in [7, 11) is 0. The maximum atomic E-state index is 13.0. The summed E-state index contributed by atoms with van der Waals surface area (Å²) in [6, 6.07) is 7.09. The molecule has 4 N–H and O–H groups in total. The summed E-state index contributed by atoms with van der Waals surface area (Å²) in [5.74, 6) is 1.73. The summed E-state index contributed by atoms with van der Waals surface area (Å²) in [5, 5.41) is 14.0. The molecule has 1 saturated carbocycles. The Morgan fingerprint density at radius 1 is 1.26 bits per heavy atom. The minimum absolute atomic E-state index is 0.0203. The van der Waals surface area contributed by atoms with E-state index < -0.39 is 6.10 Å². The van der Waals surface area contributed by atoms with Crippen molar-refractivity contribution in [2.24, 2.45) is 17.6 Å². The van der Waals surface area contributed by atoms with Gasteiger partial charge in [0.15, 0.2) is 0 Å². The van der Waals surface area contributed by atoms with E-state index in [4.69, 9.17) is 10.2 Å². The fourth-order valence-corrected chi connectivity index (χ4v) is 4.42. The predicted octanol–water partition coefficient (Wildman–Crippen LogP) is 2.74. The molecule has 3 aromatic rings. The molecule has 1 aliphatic heterocycles. The number of anilines is 2. The van der Waals surface area contributed by atoms with Gasteiger partial charge in [-0.15, -0.1) is 0 Å². The molecule has 1 aliphatic carbocycles. The van der Waals surface area contributed by atoms with E-state index in [1.165, 1.54) is 0 Å². The highest BCUT2D eigenvalue weighted by Crippen LogP contribution is 2.48. The van der Waals surface area contributed by atoms with Crippen molar-refractivity contribution in [3.63, 3.8) is 0 Å². The molecular weight excluding hydrogens is 394 g/mol. The molecule has 0 aromatic carbocycles. The van der Waals surface area contributed by atoms with Crippen molar-refractivity contribution in [2.45, 2.75) is 38.3 Å². The summed E-state index contributed by atoms with van der Waals surface area (Å²) in [5.41, 5.74) is 8.28. The summed E-state index contributed by atoms with van der Waals surface area (Å²) in [6.07, 6.45) is 3.89. The van der Waals surface area contributed by atoms with E-state index >= 15 is 0 Å². The van der Waals surface area contributed by atoms with Crippen molar-refractivity contribution >= 4 is 28.4 Å². The van der Waals surface area contributed by atoms with Gasteiger partial charge >= 0.3 is 0 Å². The Hall–Kier alpha value is -2.97. The molecule has 3 aromatic heterocycles. The van der Waals surface area contributed by atoms with Crippen LogP contribution in [-0.4, -0.2) is 46.2 Å². The van der Waals surface area contributed by atoms with Gasteiger partial charge in [-0.05, 0) is 36.6 Å². The standard InChI is InChI=1S/C23H27N5O3/c1-12-7-15(12)20-8-14-3-4-17(27-23(14)31-20)22(30)26-18-9-25-6-5-19(18)28-10-13(2)21(29)16(24)11-28/h3-6,8-9,12-13,15-16,21,29H,7,10-11,24H2,1-2H3,(H,26,30). The maximum Gasteiger partial charge on any atom is 0.274 e. The van der Waals surface area contributed by atoms with Gasteiger partial charge in [-0.3, -0.25) is 9.78 Å². The van der Waals surface area contributed by atoms with Gasteiger partial charge in [0.2, 0.25) is 5.71 Å². The first-order valence-corrected chi connectivity index (χ1v) is 10.7. The third-order valence-corrected chi connectivity index (χ3v) is 6.46. The van der Waals surface area contributed by atoms with E-state index in [0.717, 1.165) is 23.3 Å². The van der Waals surface area contributed by atoms with Crippen LogP contribution in [0.4, 0.5) is 11.4 Å². The second kappa shape index (κ2) is 7.62. The minimum Gasteiger partial charge on any atom is -0.442 e. The number of piperidine rings is 1. The number of nitrogens with zero attached hydrogens (tertiary/aromatic N) is 3. The Kier molecular flexibility index (Phi) is 4.91. The highest BCUT2D eigenvalue weighted by molar-refractivity contribution is 6.05. The van der Waals surface area contributed by atoms with E-state index in [9.17, 15) is 9.90 Å². The normalized spacial score (nSPS) is 28.0. The van der Waals surface area contributed by atoms with Crippen LogP contribution in [0.3, 0.4) is 0 Å². The van der Waals surface area contributed by atoms with Crippen LogP contribution in [-0.2, 0) is 0 Å². The van der Waals surface area contributed by atoms with Crippen molar-refractivity contribution in [1.82, 2.24) is 9.97 Å². The topological polar surface area (TPSA) is 118 Å². The number of aliphatic hydroxyl groups is 1. The molecule has 162 valence electrons. The number of fused-ring (bicyclic) bond motifs is 1. The number of hydrogen-bond donors (Lipinski definition) is 3. The number of aromatic nitrogens is 2. The van der Waals surface area contributed by atoms with Crippen molar-refractivity contribution < 1.29 is 14.3 Å². The number of rotatable bonds is 4. The summed E-state index contributed by atoms with van der Waals surface area (Å²) < 4.78 is 5.91. The first-order valence-electron chi connectivity index (χ1n) is 10.7. The van der Waals surface area contributed by atoms with Crippen molar-refractivity contribution in [3.05, 3.63) is 48.1 Å². The minimum atomic E-state index is -0.538. The highest BCUT2D eigenvalue weighted by atomic mass is 16.3. The lowest BCUT2D eigenvalue weighted by Crippen LogP contribution is -2.55. The van der Waals surface area contributed by atoms with E-state index in [1.807, 2.05) is 25.1 Å². The SMILES string of the molecule is CC1CC1c1cc2ccc(C(=O)Nc3cnccc3N3CC(C)C(O)C(N)C3)nc2o1. The monoisotopic (exact) mass is 421 g/mol. The molecule has 0 bridgehead atoms. The van der Waals surface area contributed by atoms with Crippen LogP contribution < -0.4 is 16.0 Å². The second-order valence-electron chi connectivity index (χ2n) is 8.94. The van der Waals surface area contributed by atoms with E-state index in [2.05, 4.69) is 27.1 Å². The number of carbonyl (C=O) groups is 1. The highest BCUT2D eigenvalue weighted by Gasteiger charge is 2.37. The molecular formula is C23H27N5O3. The van der Waals surface area contributed by atoms with Crippen LogP contribution in [0.15, 0.2) is 41.1 Å². The molecule has 1 amide bonds.